The number of phenols is 1. The molecule has 132 valence electrons. The van der Waals surface area contributed by atoms with E-state index in [-0.39, 0.29) is 21.7 Å². The van der Waals surface area contributed by atoms with Crippen LogP contribution in [-0.4, -0.2) is 30.5 Å². The van der Waals surface area contributed by atoms with Crippen LogP contribution < -0.4 is 11.1 Å². The van der Waals surface area contributed by atoms with Crippen LogP contribution in [-0.2, 0) is 0 Å². The Morgan fingerprint density at radius 2 is 1.65 bits per heavy atom. The van der Waals surface area contributed by atoms with Crippen LogP contribution in [0, 0.1) is 10.6 Å². The van der Waals surface area contributed by atoms with Gasteiger partial charge in [-0.05, 0) is 48.6 Å². The summed E-state index contributed by atoms with van der Waals surface area (Å²) in [7, 11) is 0. The second-order valence-corrected chi connectivity index (χ2v) is 5.57. The third-order valence-corrected chi connectivity index (χ3v) is 3.83. The zero-order valence-electron chi connectivity index (χ0n) is 12.8. The Hall–Kier alpha value is -3.53. The Morgan fingerprint density at radius 3 is 2.23 bits per heavy atom. The van der Waals surface area contributed by atoms with E-state index >= 15 is 0 Å². The van der Waals surface area contributed by atoms with Crippen molar-refractivity contribution >= 4 is 18.2 Å². The minimum atomic E-state index is -1.35. The van der Waals surface area contributed by atoms with Crippen LogP contribution in [0.4, 0.5) is 4.39 Å². The normalized spacial score (nSPS) is 10.7. The highest BCUT2D eigenvalue weighted by Gasteiger charge is 2.14. The van der Waals surface area contributed by atoms with E-state index < -0.39 is 28.7 Å². The predicted octanol–water partition coefficient (Wildman–Crippen LogP) is 1.59. The van der Waals surface area contributed by atoms with E-state index in [1.165, 1.54) is 18.2 Å². The van der Waals surface area contributed by atoms with Crippen LogP contribution >= 0.6 is 12.2 Å². The molecule has 0 aliphatic heterocycles. The number of carboxylic acids is 1. The van der Waals surface area contributed by atoms with Gasteiger partial charge in [0.15, 0.2) is 4.77 Å². The molecule has 0 spiro atoms. The van der Waals surface area contributed by atoms with E-state index in [0.29, 0.717) is 0 Å². The van der Waals surface area contributed by atoms with Crippen molar-refractivity contribution in [1.82, 2.24) is 14.3 Å². The molecule has 0 saturated carbocycles. The number of aromatic carboxylic acids is 1. The smallest absolute Gasteiger partial charge is 0.339 e. The fourth-order valence-electron chi connectivity index (χ4n) is 2.33. The second kappa shape index (κ2) is 6.41. The lowest BCUT2D eigenvalue weighted by Gasteiger charge is -2.11. The highest BCUT2D eigenvalue weighted by molar-refractivity contribution is 7.71. The largest absolute Gasteiger partial charge is 0.507 e. The molecule has 0 saturated heterocycles. The van der Waals surface area contributed by atoms with Gasteiger partial charge in [0.1, 0.15) is 17.1 Å². The lowest BCUT2D eigenvalue weighted by Crippen LogP contribution is -2.41. The van der Waals surface area contributed by atoms with Gasteiger partial charge in [-0.15, -0.1) is 0 Å². The van der Waals surface area contributed by atoms with Crippen LogP contribution in [0.1, 0.15) is 10.4 Å². The molecule has 0 fully saturated rings. The molecule has 3 rings (SSSR count). The average molecular weight is 375 g/mol. The van der Waals surface area contributed by atoms with E-state index in [1.807, 2.05) is 0 Å². The maximum atomic E-state index is 13.0. The number of H-pyrrole nitrogens is 1. The summed E-state index contributed by atoms with van der Waals surface area (Å²) in [6.45, 7) is 0. The number of hydrogen-bond acceptors (Lipinski definition) is 5. The molecule has 1 aromatic heterocycles. The summed E-state index contributed by atoms with van der Waals surface area (Å²) in [5, 5.41) is 21.2. The maximum absolute atomic E-state index is 13.0. The minimum absolute atomic E-state index is 0.0203. The lowest BCUT2D eigenvalue weighted by molar-refractivity contribution is 0.0693. The summed E-state index contributed by atoms with van der Waals surface area (Å²) in [5.74, 6) is -2.44. The summed E-state index contributed by atoms with van der Waals surface area (Å²) in [4.78, 5) is 35.8. The van der Waals surface area contributed by atoms with E-state index in [2.05, 4.69) is 5.10 Å². The van der Waals surface area contributed by atoms with Gasteiger partial charge in [-0.25, -0.2) is 18.4 Å². The number of aromatic nitrogens is 3. The highest BCUT2D eigenvalue weighted by atomic mass is 32.1. The molecular formula is C16H10FN3O5S. The predicted molar refractivity (Wildman–Crippen MR) is 91.4 cm³/mol. The molecule has 0 aliphatic rings. The first-order valence-corrected chi connectivity index (χ1v) is 7.51. The minimum Gasteiger partial charge on any atom is -0.507 e. The number of carboxylic acid groups (broad SMARTS) is 1. The van der Waals surface area contributed by atoms with Crippen molar-refractivity contribution in [3.8, 4) is 17.1 Å². The quantitative estimate of drug-likeness (QED) is 0.473. The monoisotopic (exact) mass is 375 g/mol. The van der Waals surface area contributed by atoms with E-state index in [0.717, 1.165) is 33.5 Å². The zero-order valence-corrected chi connectivity index (χ0v) is 13.7. The van der Waals surface area contributed by atoms with Crippen molar-refractivity contribution in [1.29, 1.82) is 0 Å². The van der Waals surface area contributed by atoms with Crippen LogP contribution in [0.25, 0.3) is 11.4 Å². The lowest BCUT2D eigenvalue weighted by atomic mass is 10.2. The maximum Gasteiger partial charge on any atom is 0.339 e. The summed E-state index contributed by atoms with van der Waals surface area (Å²) >= 11 is 5.10. The van der Waals surface area contributed by atoms with Crippen LogP contribution in [0.2, 0.25) is 0 Å². The third kappa shape index (κ3) is 2.93. The molecule has 10 heteroatoms. The molecule has 8 nitrogen and oxygen atoms in total. The standard InChI is InChI=1S/C16H10FN3O5S/c17-8-1-3-9(4-2-8)19-13(22)14(23)20(18-16(19)26)10-5-6-11(15(24)25)12(21)7-10/h1-7,21H,(H,18,26)(H,24,25). The zero-order chi connectivity index (χ0) is 19.0. The first-order valence-electron chi connectivity index (χ1n) is 7.10. The Bertz CT molecular complexity index is 1190. The van der Waals surface area contributed by atoms with Crippen molar-refractivity contribution in [2.24, 2.45) is 0 Å². The highest BCUT2D eigenvalue weighted by Crippen LogP contribution is 2.20. The third-order valence-electron chi connectivity index (χ3n) is 3.55. The van der Waals surface area contributed by atoms with Crippen molar-refractivity contribution < 1.29 is 19.4 Å². The molecule has 2 aromatic carbocycles. The number of benzene rings is 2. The Kier molecular flexibility index (Phi) is 4.26. The van der Waals surface area contributed by atoms with Gasteiger partial charge in [-0.3, -0.25) is 14.7 Å². The SMILES string of the molecule is O=C(O)c1ccc(-n2[nH]c(=S)n(-c3ccc(F)cc3)c(=O)c2=O)cc1O. The molecule has 0 atom stereocenters. The number of nitrogens with zero attached hydrogens (tertiary/aromatic N) is 2. The van der Waals surface area contributed by atoms with Gasteiger partial charge >= 0.3 is 17.1 Å². The second-order valence-electron chi connectivity index (χ2n) is 5.18. The Balaban J connectivity index is 2.21. The Morgan fingerprint density at radius 1 is 1.04 bits per heavy atom. The molecular weight excluding hydrogens is 365 g/mol. The molecule has 0 unspecified atom stereocenters. The van der Waals surface area contributed by atoms with Gasteiger partial charge in [0.05, 0.1) is 11.4 Å². The van der Waals surface area contributed by atoms with Gasteiger partial charge in [0, 0.05) is 6.07 Å². The van der Waals surface area contributed by atoms with E-state index in [1.54, 1.807) is 0 Å². The van der Waals surface area contributed by atoms with Crippen LogP contribution in [0.3, 0.4) is 0 Å². The van der Waals surface area contributed by atoms with Crippen LogP contribution in [0.15, 0.2) is 52.1 Å². The number of carbonyl (C=O) groups is 1. The molecule has 0 aliphatic carbocycles. The van der Waals surface area contributed by atoms with Crippen molar-refractivity contribution in [2.75, 3.05) is 0 Å². The molecule has 0 bridgehead atoms. The molecule has 0 radical (unpaired) electrons. The van der Waals surface area contributed by atoms with Gasteiger partial charge in [-0.2, -0.15) is 0 Å². The number of nitrogens with one attached hydrogen (secondary N) is 1. The molecule has 1 heterocycles. The summed E-state index contributed by atoms with van der Waals surface area (Å²) < 4.78 is 14.6. The summed E-state index contributed by atoms with van der Waals surface area (Å²) in [6, 6.07) is 8.14. The number of aromatic amines is 1. The van der Waals surface area contributed by atoms with Gasteiger partial charge < -0.3 is 10.2 Å². The van der Waals surface area contributed by atoms with Crippen molar-refractivity contribution in [3.05, 3.63) is 79.3 Å². The van der Waals surface area contributed by atoms with Crippen LogP contribution in [0.5, 0.6) is 5.75 Å². The average Bonchev–Trinajstić information content (AvgIpc) is 2.59. The van der Waals surface area contributed by atoms with Crippen molar-refractivity contribution in [2.45, 2.75) is 0 Å². The van der Waals surface area contributed by atoms with Gasteiger partial charge in [-0.1, -0.05) is 0 Å². The number of hydrogen-bond donors (Lipinski definition) is 3. The summed E-state index contributed by atoms with van der Waals surface area (Å²) in [5.41, 5.74) is -2.16. The number of aromatic hydroxyl groups is 1. The van der Waals surface area contributed by atoms with E-state index in [9.17, 15) is 23.9 Å². The van der Waals surface area contributed by atoms with Gasteiger partial charge in [0.25, 0.3) is 0 Å². The first-order chi connectivity index (χ1) is 12.3. The Labute approximate surface area is 149 Å². The molecule has 26 heavy (non-hydrogen) atoms. The molecule has 3 aromatic rings. The first kappa shape index (κ1) is 17.3. The van der Waals surface area contributed by atoms with Gasteiger partial charge in [0.2, 0.25) is 0 Å². The number of rotatable bonds is 3. The topological polar surface area (TPSA) is 117 Å². The molecule has 0 amide bonds. The fraction of sp³-hybridized carbons (Fsp3) is 0. The van der Waals surface area contributed by atoms with Crippen molar-refractivity contribution in [3.63, 3.8) is 0 Å². The number of halogens is 1. The fourth-order valence-corrected chi connectivity index (χ4v) is 2.61. The molecule has 3 N–H and O–H groups in total. The van der Waals surface area contributed by atoms with E-state index in [4.69, 9.17) is 17.3 Å². The summed E-state index contributed by atoms with van der Waals surface area (Å²) in [6.07, 6.45) is 0.